The predicted molar refractivity (Wildman–Crippen MR) is 64.2 cm³/mol. The van der Waals surface area contributed by atoms with E-state index in [2.05, 4.69) is 62.3 Å². The van der Waals surface area contributed by atoms with E-state index in [1.807, 2.05) is 0 Å². The van der Waals surface area contributed by atoms with Crippen LogP contribution in [0.25, 0.3) is 0 Å². The van der Waals surface area contributed by atoms with Gasteiger partial charge in [0.2, 0.25) is 0 Å². The summed E-state index contributed by atoms with van der Waals surface area (Å²) in [6.45, 7) is 23.2. The van der Waals surface area contributed by atoms with Gasteiger partial charge in [-0.1, -0.05) is 41.5 Å². The van der Waals surface area contributed by atoms with Crippen LogP contribution in [0.1, 0.15) is 41.5 Å². The maximum Gasteiger partial charge on any atom is 3.00 e. The van der Waals surface area contributed by atoms with Crippen molar-refractivity contribution in [3.8, 4) is 0 Å². The van der Waals surface area contributed by atoms with Crippen LogP contribution < -0.4 is 0 Å². The molecule has 0 aromatic carbocycles. The molecule has 0 aliphatic carbocycles. The number of rotatable bonds is 0. The van der Waals surface area contributed by atoms with Crippen LogP contribution in [0.15, 0.2) is 0 Å². The smallest absolute Gasteiger partial charge is 0.412 e. The molecule has 0 rings (SSSR count). The first-order chi connectivity index (χ1) is 5.20. The summed E-state index contributed by atoms with van der Waals surface area (Å²) in [6, 6.07) is 0. The van der Waals surface area contributed by atoms with Gasteiger partial charge in [0, 0.05) is 0 Å². The molecule has 0 aliphatic heterocycles. The third kappa shape index (κ3) is 3800. The fourth-order valence-corrected chi connectivity index (χ4v) is 0. The first kappa shape index (κ1) is 29.3. The molecule has 0 fully saturated rings. The Morgan fingerprint density at radius 3 is 0.571 bits per heavy atom. The van der Waals surface area contributed by atoms with Crippen molar-refractivity contribution in [2.75, 3.05) is 0 Å². The zero-order valence-electron chi connectivity index (χ0n) is 10.9. The van der Waals surface area contributed by atoms with Gasteiger partial charge in [-0.2, -0.15) is 17.8 Å². The average Bonchev–Trinajstić information content (AvgIpc) is 1.54. The summed E-state index contributed by atoms with van der Waals surface area (Å²) < 4.78 is 0. The fraction of sp³-hybridized carbons (Fsp3) is 0.750. The minimum atomic E-state index is 0. The monoisotopic (exact) mass is 237 g/mol. The predicted octanol–water partition coefficient (Wildman–Crippen LogP) is 3.60. The third-order valence-corrected chi connectivity index (χ3v) is 0. The molecule has 0 atom stereocenters. The fourth-order valence-electron chi connectivity index (χ4n) is 0. The molecule has 0 saturated heterocycles. The zero-order chi connectivity index (χ0) is 10.7. The van der Waals surface area contributed by atoms with Gasteiger partial charge in [-0.3, -0.25) is 0 Å². The molecule has 0 spiro atoms. The van der Waals surface area contributed by atoms with E-state index in [1.165, 1.54) is 0 Å². The van der Waals surface area contributed by atoms with Gasteiger partial charge >= 0.3 is 21.7 Å². The molecule has 14 heavy (non-hydrogen) atoms. The van der Waals surface area contributed by atoms with Crippen LogP contribution >= 0.6 is 0 Å². The van der Waals surface area contributed by atoms with E-state index in [0.717, 1.165) is 0 Å². The number of hydrogen-bond acceptors (Lipinski definition) is 0. The number of hydrogen-bond donors (Lipinski definition) is 0. The largest absolute Gasteiger partial charge is 3.00 e. The summed E-state index contributed by atoms with van der Waals surface area (Å²) in [6.07, 6.45) is 0. The van der Waals surface area contributed by atoms with E-state index in [-0.39, 0.29) is 27.2 Å². The second kappa shape index (κ2) is 23.5. The molecule has 1 nitrogen and oxygen atoms in total. The van der Waals surface area contributed by atoms with Crippen LogP contribution in [0.4, 0.5) is 0 Å². The van der Waals surface area contributed by atoms with Crippen molar-refractivity contribution in [2.24, 2.45) is 17.8 Å². The molecular weight excluding hydrogens is 208 g/mol. The molecule has 87 valence electrons. The van der Waals surface area contributed by atoms with Crippen LogP contribution in [0.2, 0.25) is 0 Å². The van der Waals surface area contributed by atoms with Gasteiger partial charge in [0.05, 0.1) is 0 Å². The van der Waals surface area contributed by atoms with Crippen molar-refractivity contribution in [3.63, 3.8) is 0 Å². The van der Waals surface area contributed by atoms with Crippen molar-refractivity contribution in [2.45, 2.75) is 41.5 Å². The van der Waals surface area contributed by atoms with Crippen LogP contribution in [0, 0.1) is 38.5 Å². The molecule has 0 aliphatic rings. The molecule has 0 amide bonds. The minimum Gasteiger partial charge on any atom is -0.412 e. The van der Waals surface area contributed by atoms with Gasteiger partial charge in [-0.25, -0.2) is 0 Å². The molecule has 1 radical (unpaired) electrons. The van der Waals surface area contributed by atoms with Gasteiger partial charge in [-0.05, 0) is 0 Å². The van der Waals surface area contributed by atoms with E-state index >= 15 is 0 Å². The summed E-state index contributed by atoms with van der Waals surface area (Å²) in [5, 5.41) is 0. The Balaban J connectivity index is -0.0000000270. The zero-order valence-corrected chi connectivity index (χ0v) is 12.4. The van der Waals surface area contributed by atoms with Crippen LogP contribution in [0.5, 0.6) is 0 Å². The molecule has 0 heterocycles. The van der Waals surface area contributed by atoms with Gasteiger partial charge < -0.3 is 26.2 Å². The van der Waals surface area contributed by atoms with Gasteiger partial charge in [-0.15, -0.1) is 0 Å². The first-order valence-electron chi connectivity index (χ1n) is 4.69. The normalized spacial score (nSPS) is 7.71. The van der Waals surface area contributed by atoms with Crippen LogP contribution in [0.3, 0.4) is 0 Å². The molecular formula is C12H29OTi. The summed E-state index contributed by atoms with van der Waals surface area (Å²) in [4.78, 5) is 0. The first-order valence-corrected chi connectivity index (χ1v) is 4.69. The Kier molecular flexibility index (Phi) is 49.1. The second-order valence-corrected chi connectivity index (χ2v) is 4.18. The Bertz CT molecular complexity index is 38.8. The summed E-state index contributed by atoms with van der Waals surface area (Å²) in [7, 11) is 0. The topological polar surface area (TPSA) is 31.5 Å². The third-order valence-electron chi connectivity index (χ3n) is 0. The quantitative estimate of drug-likeness (QED) is 0.455. The average molecular weight is 237 g/mol. The van der Waals surface area contributed by atoms with Crippen molar-refractivity contribution in [1.29, 1.82) is 0 Å². The molecule has 0 saturated carbocycles. The Labute approximate surface area is 107 Å². The van der Waals surface area contributed by atoms with Crippen molar-refractivity contribution < 1.29 is 27.2 Å². The van der Waals surface area contributed by atoms with E-state index in [4.69, 9.17) is 0 Å². The second-order valence-electron chi connectivity index (χ2n) is 4.18. The van der Waals surface area contributed by atoms with E-state index in [0.29, 0.717) is 17.8 Å². The van der Waals surface area contributed by atoms with Gasteiger partial charge in [0.1, 0.15) is 0 Å². The SMILES string of the molecule is O.[CH2-]C(C)C.[CH2-]C(C)C.[CH2-]C(C)C.[Ti+3]. The molecule has 2 N–H and O–H groups in total. The standard InChI is InChI=1S/3C4H9.H2O.Ti/c3*1-4(2)3;;/h3*4H,1H2,2-3H3;1H2;/q3*-1;;+3. The molecule has 0 unspecified atom stereocenters. The van der Waals surface area contributed by atoms with Crippen molar-refractivity contribution >= 4 is 0 Å². The Hall–Kier alpha value is 0.674. The maximum absolute atomic E-state index is 3.64. The van der Waals surface area contributed by atoms with Gasteiger partial charge in [0.15, 0.2) is 0 Å². The van der Waals surface area contributed by atoms with Crippen LogP contribution in [-0.2, 0) is 21.7 Å². The summed E-state index contributed by atoms with van der Waals surface area (Å²) >= 11 is 0. The molecule has 0 bridgehead atoms. The van der Waals surface area contributed by atoms with E-state index < -0.39 is 0 Å². The Morgan fingerprint density at radius 1 is 0.571 bits per heavy atom. The van der Waals surface area contributed by atoms with Gasteiger partial charge in [0.25, 0.3) is 0 Å². The summed E-state index contributed by atoms with van der Waals surface area (Å²) in [5.41, 5.74) is 0. The maximum atomic E-state index is 3.64. The molecule has 0 aromatic heterocycles. The summed E-state index contributed by atoms with van der Waals surface area (Å²) in [5.74, 6) is 1.75. The Morgan fingerprint density at radius 2 is 0.571 bits per heavy atom. The molecule has 0 aromatic rings. The van der Waals surface area contributed by atoms with E-state index in [9.17, 15) is 0 Å². The van der Waals surface area contributed by atoms with E-state index in [1.54, 1.807) is 0 Å². The minimum absolute atomic E-state index is 0. The van der Waals surface area contributed by atoms with Crippen LogP contribution in [-0.4, -0.2) is 5.48 Å². The van der Waals surface area contributed by atoms with Crippen molar-refractivity contribution in [1.82, 2.24) is 0 Å². The van der Waals surface area contributed by atoms with Crippen molar-refractivity contribution in [3.05, 3.63) is 20.8 Å². The molecule has 2 heteroatoms.